The van der Waals surface area contributed by atoms with E-state index in [1.54, 1.807) is 0 Å². The first-order chi connectivity index (χ1) is 10.6. The molecule has 0 N–H and O–H groups in total. The van der Waals surface area contributed by atoms with Gasteiger partial charge in [-0.1, -0.05) is 0 Å². The Morgan fingerprint density at radius 2 is 2.00 bits per heavy atom. The van der Waals surface area contributed by atoms with Crippen LogP contribution in [-0.4, -0.2) is 84.5 Å². The lowest BCUT2D eigenvalue weighted by Gasteiger charge is -2.51. The summed E-state index contributed by atoms with van der Waals surface area (Å²) in [5.74, 6) is 0.360. The number of hydrogen-bond acceptors (Lipinski definition) is 4. The van der Waals surface area contributed by atoms with Crippen LogP contribution in [0.2, 0.25) is 0 Å². The number of piperidine rings is 1. The van der Waals surface area contributed by atoms with Crippen LogP contribution >= 0.6 is 0 Å². The maximum atomic E-state index is 12.8. The molecule has 1 unspecified atom stereocenters. The van der Waals surface area contributed by atoms with Crippen molar-refractivity contribution < 1.29 is 14.3 Å². The van der Waals surface area contributed by atoms with E-state index in [4.69, 9.17) is 4.74 Å². The Hall–Kier alpha value is -1.14. The first kappa shape index (κ1) is 15.7. The molecule has 124 valence electrons. The zero-order valence-corrected chi connectivity index (χ0v) is 13.7. The lowest BCUT2D eigenvalue weighted by atomic mass is 9.82. The second-order valence-corrected chi connectivity index (χ2v) is 6.66. The zero-order chi connectivity index (χ0) is 15.7. The molecule has 3 aliphatic rings. The first-order valence-electron chi connectivity index (χ1n) is 8.49. The van der Waals surface area contributed by atoms with Crippen molar-refractivity contribution in [2.75, 3.05) is 46.4 Å². The van der Waals surface area contributed by atoms with E-state index < -0.39 is 5.54 Å². The lowest BCUT2D eigenvalue weighted by Crippen LogP contribution is -2.68. The number of amides is 2. The third-order valence-electron chi connectivity index (χ3n) is 5.61. The van der Waals surface area contributed by atoms with Crippen molar-refractivity contribution in [2.45, 2.75) is 44.2 Å². The van der Waals surface area contributed by atoms with Crippen molar-refractivity contribution in [1.29, 1.82) is 0 Å². The molecule has 6 heteroatoms. The fourth-order valence-electron chi connectivity index (χ4n) is 4.01. The maximum Gasteiger partial charge on any atom is 0.251 e. The predicted octanol–water partition coefficient (Wildman–Crippen LogP) is 0.321. The summed E-state index contributed by atoms with van der Waals surface area (Å²) >= 11 is 0. The van der Waals surface area contributed by atoms with Gasteiger partial charge in [0.05, 0.1) is 0 Å². The van der Waals surface area contributed by atoms with Gasteiger partial charge in [0.1, 0.15) is 11.6 Å². The molecule has 0 saturated carbocycles. The van der Waals surface area contributed by atoms with Crippen LogP contribution in [0.25, 0.3) is 0 Å². The van der Waals surface area contributed by atoms with Crippen molar-refractivity contribution in [1.82, 2.24) is 14.7 Å². The molecule has 2 amide bonds. The minimum atomic E-state index is -0.401. The van der Waals surface area contributed by atoms with Crippen molar-refractivity contribution in [3.8, 4) is 0 Å². The number of likely N-dealkylation sites (tertiary alicyclic amines) is 1. The second-order valence-electron chi connectivity index (χ2n) is 6.66. The Kier molecular flexibility index (Phi) is 4.41. The summed E-state index contributed by atoms with van der Waals surface area (Å²) < 4.78 is 5.50. The minimum Gasteiger partial charge on any atom is -0.368 e. The van der Waals surface area contributed by atoms with Gasteiger partial charge in [0.25, 0.3) is 5.91 Å². The van der Waals surface area contributed by atoms with E-state index in [1.807, 2.05) is 23.8 Å². The van der Waals surface area contributed by atoms with Crippen molar-refractivity contribution in [2.24, 2.45) is 0 Å². The Morgan fingerprint density at radius 3 is 2.59 bits per heavy atom. The molecule has 22 heavy (non-hydrogen) atoms. The van der Waals surface area contributed by atoms with E-state index in [9.17, 15) is 9.59 Å². The number of carbonyl (C=O) groups excluding carboxylic acids is 2. The summed E-state index contributed by atoms with van der Waals surface area (Å²) in [5, 5.41) is 0. The van der Waals surface area contributed by atoms with E-state index in [-0.39, 0.29) is 17.9 Å². The predicted molar refractivity (Wildman–Crippen MR) is 82.4 cm³/mol. The number of piperazine rings is 1. The van der Waals surface area contributed by atoms with E-state index in [2.05, 4.69) is 4.90 Å². The van der Waals surface area contributed by atoms with E-state index >= 15 is 0 Å². The number of likely N-dealkylation sites (N-methyl/N-ethyl adjacent to an activating group) is 2. The van der Waals surface area contributed by atoms with E-state index in [0.29, 0.717) is 19.7 Å². The van der Waals surface area contributed by atoms with Gasteiger partial charge in [0, 0.05) is 39.3 Å². The second kappa shape index (κ2) is 6.16. The summed E-state index contributed by atoms with van der Waals surface area (Å²) in [7, 11) is 2.04. The normalized spacial score (nSPS) is 29.4. The van der Waals surface area contributed by atoms with Crippen LogP contribution in [0.3, 0.4) is 0 Å². The van der Waals surface area contributed by atoms with Gasteiger partial charge in [-0.2, -0.15) is 0 Å². The summed E-state index contributed by atoms with van der Waals surface area (Å²) in [6.45, 7) is 6.55. The molecule has 1 spiro atoms. The maximum absolute atomic E-state index is 12.8. The summed E-state index contributed by atoms with van der Waals surface area (Å²) in [5.41, 5.74) is -0.401. The summed E-state index contributed by atoms with van der Waals surface area (Å²) in [4.78, 5) is 31.3. The molecule has 0 aromatic carbocycles. The largest absolute Gasteiger partial charge is 0.368 e. The van der Waals surface area contributed by atoms with Gasteiger partial charge in [0.2, 0.25) is 5.91 Å². The number of carbonyl (C=O) groups is 2. The standard InChI is InChI=1S/C16H27N3O3/c1-3-18-11-10-17(2)16(15(18)21)6-8-19(9-7-16)14(20)13-5-4-12-22-13/h13H,3-12H2,1-2H3. The van der Waals surface area contributed by atoms with Crippen molar-refractivity contribution in [3.63, 3.8) is 0 Å². The average Bonchev–Trinajstić information content (AvgIpc) is 3.07. The van der Waals surface area contributed by atoms with Crippen LogP contribution in [-0.2, 0) is 14.3 Å². The Morgan fingerprint density at radius 1 is 1.27 bits per heavy atom. The molecular weight excluding hydrogens is 282 g/mol. The molecule has 0 aliphatic carbocycles. The highest BCUT2D eigenvalue weighted by atomic mass is 16.5. The van der Waals surface area contributed by atoms with Gasteiger partial charge < -0.3 is 14.5 Å². The third kappa shape index (κ3) is 2.52. The molecule has 3 saturated heterocycles. The number of rotatable bonds is 2. The molecule has 0 aromatic heterocycles. The van der Waals surface area contributed by atoms with Crippen LogP contribution in [0.4, 0.5) is 0 Å². The number of nitrogens with zero attached hydrogens (tertiary/aromatic N) is 3. The average molecular weight is 309 g/mol. The van der Waals surface area contributed by atoms with Gasteiger partial charge >= 0.3 is 0 Å². The first-order valence-corrected chi connectivity index (χ1v) is 8.49. The Balaban J connectivity index is 1.66. The van der Waals surface area contributed by atoms with E-state index in [0.717, 1.165) is 45.3 Å². The highest BCUT2D eigenvalue weighted by molar-refractivity contribution is 5.88. The van der Waals surface area contributed by atoms with Gasteiger partial charge in [-0.05, 0) is 39.7 Å². The molecule has 0 radical (unpaired) electrons. The van der Waals surface area contributed by atoms with Gasteiger partial charge in [0.15, 0.2) is 0 Å². The molecular formula is C16H27N3O3. The number of ether oxygens (including phenoxy) is 1. The fourth-order valence-corrected chi connectivity index (χ4v) is 4.01. The molecule has 3 heterocycles. The smallest absolute Gasteiger partial charge is 0.251 e. The quantitative estimate of drug-likeness (QED) is 0.737. The molecule has 3 aliphatic heterocycles. The Bertz CT molecular complexity index is 440. The summed E-state index contributed by atoms with van der Waals surface area (Å²) in [6, 6.07) is 0. The fraction of sp³-hybridized carbons (Fsp3) is 0.875. The van der Waals surface area contributed by atoms with Gasteiger partial charge in [-0.15, -0.1) is 0 Å². The topological polar surface area (TPSA) is 53.1 Å². The van der Waals surface area contributed by atoms with Gasteiger partial charge in [-0.3, -0.25) is 14.5 Å². The molecule has 0 bridgehead atoms. The van der Waals surface area contributed by atoms with Gasteiger partial charge in [-0.25, -0.2) is 0 Å². The van der Waals surface area contributed by atoms with Crippen LogP contribution in [0.1, 0.15) is 32.6 Å². The molecule has 3 rings (SSSR count). The third-order valence-corrected chi connectivity index (χ3v) is 5.61. The highest BCUT2D eigenvalue weighted by Crippen LogP contribution is 2.33. The number of hydrogen-bond donors (Lipinski definition) is 0. The Labute approximate surface area is 132 Å². The molecule has 0 aromatic rings. The minimum absolute atomic E-state index is 0.116. The molecule has 1 atom stereocenters. The van der Waals surface area contributed by atoms with E-state index in [1.165, 1.54) is 0 Å². The monoisotopic (exact) mass is 309 g/mol. The van der Waals surface area contributed by atoms with Crippen molar-refractivity contribution >= 4 is 11.8 Å². The zero-order valence-electron chi connectivity index (χ0n) is 13.7. The molecule has 6 nitrogen and oxygen atoms in total. The molecule has 3 fully saturated rings. The highest BCUT2D eigenvalue weighted by Gasteiger charge is 2.49. The van der Waals surface area contributed by atoms with Crippen LogP contribution in [0, 0.1) is 0 Å². The lowest BCUT2D eigenvalue weighted by molar-refractivity contribution is -0.158. The van der Waals surface area contributed by atoms with Crippen LogP contribution in [0.15, 0.2) is 0 Å². The van der Waals surface area contributed by atoms with Crippen LogP contribution < -0.4 is 0 Å². The van der Waals surface area contributed by atoms with Crippen molar-refractivity contribution in [3.05, 3.63) is 0 Å². The van der Waals surface area contributed by atoms with Crippen LogP contribution in [0.5, 0.6) is 0 Å². The SMILES string of the molecule is CCN1CCN(C)C2(CCN(C(=O)C3CCCO3)CC2)C1=O. The summed E-state index contributed by atoms with van der Waals surface area (Å²) in [6.07, 6.45) is 3.03.